The van der Waals surface area contributed by atoms with E-state index < -0.39 is 6.04 Å². The molecule has 2 aliphatic rings. The molecule has 182 valence electrons. The SMILES string of the molecule is COc1cc2c(cc1OC)CN(C(=O)N[C@H](C(=O)Nc1ccc3c(c1)OCCO3)C(C)C)CC2. The summed E-state index contributed by atoms with van der Waals surface area (Å²) in [5, 5.41) is 5.80. The second kappa shape index (κ2) is 10.1. The molecule has 0 unspecified atom stereocenters. The highest BCUT2D eigenvalue weighted by molar-refractivity contribution is 5.97. The van der Waals surface area contributed by atoms with E-state index in [0.29, 0.717) is 61.4 Å². The number of urea groups is 1. The van der Waals surface area contributed by atoms with Crippen LogP contribution in [-0.4, -0.2) is 56.9 Å². The van der Waals surface area contributed by atoms with Gasteiger partial charge in [0, 0.05) is 24.8 Å². The van der Waals surface area contributed by atoms with Crippen LogP contribution in [0.1, 0.15) is 25.0 Å². The average molecular weight is 470 g/mol. The number of hydrogen-bond donors (Lipinski definition) is 2. The van der Waals surface area contributed by atoms with Crippen LogP contribution < -0.4 is 29.6 Å². The van der Waals surface area contributed by atoms with Crippen LogP contribution in [0, 0.1) is 5.92 Å². The Morgan fingerprint density at radius 2 is 1.65 bits per heavy atom. The maximum absolute atomic E-state index is 13.1. The van der Waals surface area contributed by atoms with Crippen molar-refractivity contribution in [1.29, 1.82) is 0 Å². The number of amides is 3. The van der Waals surface area contributed by atoms with Crippen LogP contribution >= 0.6 is 0 Å². The van der Waals surface area contributed by atoms with E-state index >= 15 is 0 Å². The van der Waals surface area contributed by atoms with Crippen molar-refractivity contribution in [3.05, 3.63) is 41.5 Å². The molecular formula is C25H31N3O6. The van der Waals surface area contributed by atoms with Crippen molar-refractivity contribution in [2.45, 2.75) is 32.9 Å². The largest absolute Gasteiger partial charge is 0.493 e. The fourth-order valence-corrected chi connectivity index (χ4v) is 4.16. The van der Waals surface area contributed by atoms with Gasteiger partial charge in [0.1, 0.15) is 19.3 Å². The topological polar surface area (TPSA) is 98.4 Å². The number of carbonyl (C=O) groups is 2. The van der Waals surface area contributed by atoms with E-state index in [0.717, 1.165) is 11.1 Å². The summed E-state index contributed by atoms with van der Waals surface area (Å²) in [6.07, 6.45) is 0.693. The second-order valence-corrected chi connectivity index (χ2v) is 8.67. The molecule has 0 bridgehead atoms. The number of benzene rings is 2. The molecule has 0 aliphatic carbocycles. The predicted octanol–water partition coefficient (Wildman–Crippen LogP) is 3.21. The molecule has 2 aliphatic heterocycles. The Morgan fingerprint density at radius 1 is 0.971 bits per heavy atom. The van der Waals surface area contributed by atoms with E-state index in [2.05, 4.69) is 10.6 Å². The van der Waals surface area contributed by atoms with Gasteiger partial charge >= 0.3 is 6.03 Å². The standard InChI is InChI=1S/C25H31N3O6/c1-15(2)23(24(29)26-18-5-6-19-22(13-18)34-10-9-33-19)27-25(30)28-8-7-16-11-20(31-3)21(32-4)12-17(16)14-28/h5-6,11-13,15,23H,7-10,14H2,1-4H3,(H,26,29)(H,27,30)/t23-/m0/s1. The Bertz CT molecular complexity index is 1070. The monoisotopic (exact) mass is 469 g/mol. The summed E-state index contributed by atoms with van der Waals surface area (Å²) in [5.74, 6) is 2.15. The lowest BCUT2D eigenvalue weighted by Gasteiger charge is -2.32. The first-order chi connectivity index (χ1) is 16.4. The first-order valence-electron chi connectivity index (χ1n) is 11.4. The van der Waals surface area contributed by atoms with Gasteiger partial charge in [-0.1, -0.05) is 13.8 Å². The van der Waals surface area contributed by atoms with E-state index in [-0.39, 0.29) is 17.9 Å². The first-order valence-corrected chi connectivity index (χ1v) is 11.4. The highest BCUT2D eigenvalue weighted by Crippen LogP contribution is 2.34. The molecule has 2 heterocycles. The van der Waals surface area contributed by atoms with Crippen molar-refractivity contribution >= 4 is 17.6 Å². The van der Waals surface area contributed by atoms with Crippen molar-refractivity contribution in [3.63, 3.8) is 0 Å². The van der Waals surface area contributed by atoms with Gasteiger partial charge < -0.3 is 34.5 Å². The zero-order chi connectivity index (χ0) is 24.2. The number of anilines is 1. The number of nitrogens with zero attached hydrogens (tertiary/aromatic N) is 1. The normalized spacial score (nSPS) is 15.3. The maximum Gasteiger partial charge on any atom is 0.318 e. The van der Waals surface area contributed by atoms with Crippen molar-refractivity contribution in [2.75, 3.05) is 39.3 Å². The van der Waals surface area contributed by atoms with Crippen LogP contribution in [0.3, 0.4) is 0 Å². The van der Waals surface area contributed by atoms with Gasteiger partial charge in [0.05, 0.1) is 14.2 Å². The zero-order valence-corrected chi connectivity index (χ0v) is 20.0. The molecule has 2 aromatic carbocycles. The molecule has 0 radical (unpaired) electrons. The highest BCUT2D eigenvalue weighted by Gasteiger charge is 2.29. The Kier molecular flexibility index (Phi) is 7.00. The Balaban J connectivity index is 1.42. The van der Waals surface area contributed by atoms with Gasteiger partial charge in [-0.15, -0.1) is 0 Å². The Morgan fingerprint density at radius 3 is 2.32 bits per heavy atom. The molecule has 0 saturated carbocycles. The van der Waals surface area contributed by atoms with Crippen LogP contribution in [0.5, 0.6) is 23.0 Å². The molecule has 1 atom stereocenters. The van der Waals surface area contributed by atoms with Gasteiger partial charge in [-0.2, -0.15) is 0 Å². The minimum atomic E-state index is -0.701. The van der Waals surface area contributed by atoms with E-state index in [4.69, 9.17) is 18.9 Å². The summed E-state index contributed by atoms with van der Waals surface area (Å²) < 4.78 is 21.9. The van der Waals surface area contributed by atoms with E-state index in [1.54, 1.807) is 37.3 Å². The third kappa shape index (κ3) is 4.98. The van der Waals surface area contributed by atoms with Gasteiger partial charge in [0.15, 0.2) is 23.0 Å². The molecular weight excluding hydrogens is 438 g/mol. The summed E-state index contributed by atoms with van der Waals surface area (Å²) >= 11 is 0. The summed E-state index contributed by atoms with van der Waals surface area (Å²) in [7, 11) is 3.19. The molecule has 4 rings (SSSR count). The fourth-order valence-electron chi connectivity index (χ4n) is 4.16. The number of hydrogen-bond acceptors (Lipinski definition) is 6. The van der Waals surface area contributed by atoms with Gasteiger partial charge in [0.2, 0.25) is 5.91 Å². The summed E-state index contributed by atoms with van der Waals surface area (Å²) in [6.45, 7) is 5.74. The molecule has 0 spiro atoms. The molecule has 9 heteroatoms. The van der Waals surface area contributed by atoms with Crippen LogP contribution in [0.4, 0.5) is 10.5 Å². The van der Waals surface area contributed by atoms with Crippen LogP contribution in [0.15, 0.2) is 30.3 Å². The smallest absolute Gasteiger partial charge is 0.318 e. The molecule has 0 saturated heterocycles. The van der Waals surface area contributed by atoms with Crippen molar-refractivity contribution in [2.24, 2.45) is 5.92 Å². The van der Waals surface area contributed by atoms with Crippen LogP contribution in [0.25, 0.3) is 0 Å². The van der Waals surface area contributed by atoms with Gasteiger partial charge in [-0.05, 0) is 47.7 Å². The number of nitrogens with one attached hydrogen (secondary N) is 2. The Hall–Kier alpha value is -3.62. The number of ether oxygens (including phenoxy) is 4. The number of carbonyl (C=O) groups excluding carboxylic acids is 2. The number of fused-ring (bicyclic) bond motifs is 2. The lowest BCUT2D eigenvalue weighted by Crippen LogP contribution is -2.52. The van der Waals surface area contributed by atoms with Gasteiger partial charge in [-0.25, -0.2) is 4.79 Å². The molecule has 9 nitrogen and oxygen atoms in total. The quantitative estimate of drug-likeness (QED) is 0.674. The second-order valence-electron chi connectivity index (χ2n) is 8.67. The lowest BCUT2D eigenvalue weighted by molar-refractivity contribution is -0.118. The Labute approximate surface area is 199 Å². The van der Waals surface area contributed by atoms with Crippen LogP contribution in [0.2, 0.25) is 0 Å². The third-order valence-electron chi connectivity index (χ3n) is 6.04. The van der Waals surface area contributed by atoms with Gasteiger partial charge in [-0.3, -0.25) is 4.79 Å². The van der Waals surface area contributed by atoms with Crippen molar-refractivity contribution in [3.8, 4) is 23.0 Å². The van der Waals surface area contributed by atoms with E-state index in [1.165, 1.54) is 0 Å². The molecule has 0 aromatic heterocycles. The van der Waals surface area contributed by atoms with E-state index in [9.17, 15) is 9.59 Å². The molecule has 0 fully saturated rings. The zero-order valence-electron chi connectivity index (χ0n) is 20.0. The van der Waals surface area contributed by atoms with Crippen LogP contribution in [-0.2, 0) is 17.8 Å². The van der Waals surface area contributed by atoms with E-state index in [1.807, 2.05) is 26.0 Å². The average Bonchev–Trinajstić information content (AvgIpc) is 2.85. The number of rotatable bonds is 6. The third-order valence-corrected chi connectivity index (χ3v) is 6.04. The molecule has 3 amide bonds. The van der Waals surface area contributed by atoms with Gasteiger partial charge in [0.25, 0.3) is 0 Å². The summed E-state index contributed by atoms with van der Waals surface area (Å²) in [6, 6.07) is 8.14. The minimum absolute atomic E-state index is 0.109. The predicted molar refractivity (Wildman–Crippen MR) is 127 cm³/mol. The first kappa shape index (κ1) is 23.5. The molecule has 34 heavy (non-hydrogen) atoms. The molecule has 2 aromatic rings. The number of methoxy groups -OCH3 is 2. The molecule has 2 N–H and O–H groups in total. The summed E-state index contributed by atoms with van der Waals surface area (Å²) in [4.78, 5) is 27.8. The highest BCUT2D eigenvalue weighted by atomic mass is 16.6. The van der Waals surface area contributed by atoms with Crippen molar-refractivity contribution < 1.29 is 28.5 Å². The van der Waals surface area contributed by atoms with Crippen molar-refractivity contribution in [1.82, 2.24) is 10.2 Å². The lowest BCUT2D eigenvalue weighted by atomic mass is 9.99. The minimum Gasteiger partial charge on any atom is -0.493 e. The fraction of sp³-hybridized carbons (Fsp3) is 0.440. The maximum atomic E-state index is 13.1. The summed E-state index contributed by atoms with van der Waals surface area (Å²) in [5.41, 5.74) is 2.71.